The zero-order valence-corrected chi connectivity index (χ0v) is 18.2. The molecule has 1 saturated carbocycles. The third-order valence-electron chi connectivity index (χ3n) is 6.35. The van der Waals surface area contributed by atoms with Gasteiger partial charge in [-0.2, -0.15) is 4.31 Å². The lowest BCUT2D eigenvalue weighted by atomic mass is 9.78. The van der Waals surface area contributed by atoms with E-state index in [1.165, 1.54) is 23.2 Å². The predicted octanol–water partition coefficient (Wildman–Crippen LogP) is 1.17. The molecule has 2 fully saturated rings. The Morgan fingerprint density at radius 3 is 2.57 bits per heavy atom. The van der Waals surface area contributed by atoms with Crippen molar-refractivity contribution in [3.8, 4) is 0 Å². The highest BCUT2D eigenvalue weighted by Crippen LogP contribution is 2.29. The molecule has 0 unspecified atom stereocenters. The fourth-order valence-electron chi connectivity index (χ4n) is 4.28. The first-order chi connectivity index (χ1) is 13.3. The second-order valence-electron chi connectivity index (χ2n) is 8.20. The summed E-state index contributed by atoms with van der Waals surface area (Å²) < 4.78 is 27.1. The summed E-state index contributed by atoms with van der Waals surface area (Å²) in [4.78, 5) is 13.8. The van der Waals surface area contributed by atoms with Gasteiger partial charge in [-0.1, -0.05) is 50.4 Å². The second-order valence-corrected chi connectivity index (χ2v) is 10.5. The molecule has 1 aromatic rings. The summed E-state index contributed by atoms with van der Waals surface area (Å²) in [6.45, 7) is 6.91. The SMILES string of the molecule is C[C@@H]1[C@H](C)CCC[C@H]1NC(=O)C[NH+]1CCN(S(=O)(=O)c2ccccc2Cl)CC1. The average Bonchev–Trinajstić information content (AvgIpc) is 2.66. The van der Waals surface area contributed by atoms with Crippen molar-refractivity contribution in [3.05, 3.63) is 29.3 Å². The van der Waals surface area contributed by atoms with Crippen LogP contribution in [-0.2, 0) is 14.8 Å². The highest BCUT2D eigenvalue weighted by molar-refractivity contribution is 7.89. The van der Waals surface area contributed by atoms with E-state index in [0.717, 1.165) is 11.3 Å². The van der Waals surface area contributed by atoms with Crippen LogP contribution in [0.2, 0.25) is 5.02 Å². The van der Waals surface area contributed by atoms with Crippen LogP contribution in [0.1, 0.15) is 33.1 Å². The minimum Gasteiger partial charge on any atom is -0.348 e. The molecule has 1 aliphatic heterocycles. The van der Waals surface area contributed by atoms with Crippen molar-refractivity contribution in [3.63, 3.8) is 0 Å². The number of sulfonamides is 1. The maximum Gasteiger partial charge on any atom is 0.275 e. The molecule has 1 saturated heterocycles. The molecule has 1 aromatic carbocycles. The van der Waals surface area contributed by atoms with E-state index in [4.69, 9.17) is 11.6 Å². The normalized spacial score (nSPS) is 27.5. The molecule has 1 heterocycles. The fraction of sp³-hybridized carbons (Fsp3) is 0.650. The molecular formula is C20H31ClN3O3S+. The van der Waals surface area contributed by atoms with Crippen LogP contribution >= 0.6 is 11.6 Å². The molecule has 0 bridgehead atoms. The number of piperazine rings is 1. The fourth-order valence-corrected chi connectivity index (χ4v) is 6.22. The maximum atomic E-state index is 12.8. The van der Waals surface area contributed by atoms with Gasteiger partial charge in [0.2, 0.25) is 10.0 Å². The Labute approximate surface area is 173 Å². The van der Waals surface area contributed by atoms with Crippen molar-refractivity contribution in [2.45, 2.75) is 44.0 Å². The Bertz CT molecular complexity index is 794. The van der Waals surface area contributed by atoms with Crippen LogP contribution in [0.25, 0.3) is 0 Å². The minimum atomic E-state index is -3.59. The van der Waals surface area contributed by atoms with Gasteiger partial charge < -0.3 is 10.2 Å². The van der Waals surface area contributed by atoms with Gasteiger partial charge in [-0.3, -0.25) is 4.79 Å². The number of amides is 1. The van der Waals surface area contributed by atoms with E-state index in [9.17, 15) is 13.2 Å². The number of nitrogens with one attached hydrogen (secondary N) is 2. The molecule has 0 radical (unpaired) electrons. The molecule has 1 amide bonds. The van der Waals surface area contributed by atoms with Crippen LogP contribution in [0.4, 0.5) is 0 Å². The van der Waals surface area contributed by atoms with Gasteiger partial charge in [0, 0.05) is 6.04 Å². The van der Waals surface area contributed by atoms with Crippen LogP contribution in [0.15, 0.2) is 29.2 Å². The monoisotopic (exact) mass is 428 g/mol. The lowest BCUT2D eigenvalue weighted by Crippen LogP contribution is -3.15. The minimum absolute atomic E-state index is 0.0726. The number of rotatable bonds is 5. The molecule has 0 spiro atoms. The van der Waals surface area contributed by atoms with Crippen molar-refractivity contribution in [2.75, 3.05) is 32.7 Å². The van der Waals surface area contributed by atoms with Crippen molar-refractivity contribution < 1.29 is 18.1 Å². The Morgan fingerprint density at radius 1 is 1.21 bits per heavy atom. The molecule has 8 heteroatoms. The summed E-state index contributed by atoms with van der Waals surface area (Å²) >= 11 is 6.08. The topological polar surface area (TPSA) is 70.9 Å². The number of halogens is 1. The summed E-state index contributed by atoms with van der Waals surface area (Å²) in [5.74, 6) is 1.22. The van der Waals surface area contributed by atoms with Crippen molar-refractivity contribution in [1.82, 2.24) is 9.62 Å². The molecule has 6 nitrogen and oxygen atoms in total. The van der Waals surface area contributed by atoms with E-state index in [0.29, 0.717) is 44.6 Å². The largest absolute Gasteiger partial charge is 0.348 e. The number of benzene rings is 1. The van der Waals surface area contributed by atoms with Crippen LogP contribution in [0, 0.1) is 11.8 Å². The van der Waals surface area contributed by atoms with Gasteiger partial charge in [-0.05, 0) is 30.4 Å². The van der Waals surface area contributed by atoms with Gasteiger partial charge in [0.15, 0.2) is 6.54 Å². The molecule has 2 aliphatic rings. The summed E-state index contributed by atoms with van der Waals surface area (Å²) in [7, 11) is -3.59. The van der Waals surface area contributed by atoms with Gasteiger partial charge in [0.1, 0.15) is 4.90 Å². The molecule has 3 rings (SSSR count). The zero-order valence-electron chi connectivity index (χ0n) is 16.7. The smallest absolute Gasteiger partial charge is 0.275 e. The summed E-state index contributed by atoms with van der Waals surface area (Å²) in [5, 5.41) is 3.46. The molecule has 3 atom stereocenters. The molecule has 0 aromatic heterocycles. The number of hydrogen-bond acceptors (Lipinski definition) is 3. The number of hydrogen-bond donors (Lipinski definition) is 2. The summed E-state index contributed by atoms with van der Waals surface area (Å²) in [5.41, 5.74) is 0. The third kappa shape index (κ3) is 4.87. The van der Waals surface area contributed by atoms with E-state index < -0.39 is 10.0 Å². The van der Waals surface area contributed by atoms with Gasteiger partial charge in [0.25, 0.3) is 5.91 Å². The molecule has 1 aliphatic carbocycles. The van der Waals surface area contributed by atoms with E-state index in [1.807, 2.05) is 0 Å². The van der Waals surface area contributed by atoms with E-state index in [2.05, 4.69) is 19.2 Å². The predicted molar refractivity (Wildman–Crippen MR) is 110 cm³/mol. The third-order valence-corrected chi connectivity index (χ3v) is 8.75. The second kappa shape index (κ2) is 9.11. The van der Waals surface area contributed by atoms with Crippen molar-refractivity contribution in [2.24, 2.45) is 11.8 Å². The first kappa shape index (κ1) is 21.6. The number of nitrogens with zero attached hydrogens (tertiary/aromatic N) is 1. The van der Waals surface area contributed by atoms with Crippen LogP contribution in [0.3, 0.4) is 0 Å². The summed E-state index contributed by atoms with van der Waals surface area (Å²) in [6, 6.07) is 6.79. The maximum absolute atomic E-state index is 12.8. The van der Waals surface area contributed by atoms with E-state index in [1.54, 1.807) is 18.2 Å². The Morgan fingerprint density at radius 2 is 1.89 bits per heavy atom. The molecule has 2 N–H and O–H groups in total. The zero-order chi connectivity index (χ0) is 20.3. The first-order valence-corrected chi connectivity index (χ1v) is 12.0. The van der Waals surface area contributed by atoms with Crippen LogP contribution in [0.5, 0.6) is 0 Å². The molecular weight excluding hydrogens is 398 g/mol. The highest BCUT2D eigenvalue weighted by Gasteiger charge is 2.33. The van der Waals surface area contributed by atoms with Crippen LogP contribution < -0.4 is 10.2 Å². The van der Waals surface area contributed by atoms with Crippen LogP contribution in [-0.4, -0.2) is 57.4 Å². The van der Waals surface area contributed by atoms with Gasteiger partial charge in [-0.25, -0.2) is 8.42 Å². The quantitative estimate of drug-likeness (QED) is 0.739. The lowest BCUT2D eigenvalue weighted by molar-refractivity contribution is -0.895. The number of carbonyl (C=O) groups excluding carboxylic acids is 1. The van der Waals surface area contributed by atoms with Gasteiger partial charge >= 0.3 is 0 Å². The van der Waals surface area contributed by atoms with E-state index >= 15 is 0 Å². The standard InChI is InChI=1S/C20H30ClN3O3S/c1-15-6-5-8-18(16(15)2)22-20(25)14-23-10-12-24(13-11-23)28(26,27)19-9-4-3-7-17(19)21/h3-4,7,9,15-16,18H,5-6,8,10-14H2,1-2H3,(H,22,25)/p+1/t15-,16-,18-/m1/s1. The summed E-state index contributed by atoms with van der Waals surface area (Å²) in [6.07, 6.45) is 3.46. The molecule has 28 heavy (non-hydrogen) atoms. The lowest BCUT2D eigenvalue weighted by Gasteiger charge is -2.35. The Hall–Kier alpha value is -1.15. The van der Waals surface area contributed by atoms with Crippen molar-refractivity contribution in [1.29, 1.82) is 0 Å². The number of carbonyl (C=O) groups is 1. The number of quaternary nitrogens is 1. The Kier molecular flexibility index (Phi) is 7.02. The van der Waals surface area contributed by atoms with E-state index in [-0.39, 0.29) is 21.9 Å². The first-order valence-electron chi connectivity index (χ1n) is 10.2. The van der Waals surface area contributed by atoms with Gasteiger partial charge in [0.05, 0.1) is 31.2 Å². The highest BCUT2D eigenvalue weighted by atomic mass is 35.5. The van der Waals surface area contributed by atoms with Crippen molar-refractivity contribution >= 4 is 27.5 Å². The Balaban J connectivity index is 1.51. The average molecular weight is 429 g/mol. The van der Waals surface area contributed by atoms with Gasteiger partial charge in [-0.15, -0.1) is 0 Å². The molecule has 156 valence electrons.